The summed E-state index contributed by atoms with van der Waals surface area (Å²) in [6.07, 6.45) is 0.249. The number of anilines is 2. The first-order valence-electron chi connectivity index (χ1n) is 9.46. The predicted molar refractivity (Wildman–Crippen MR) is 112 cm³/mol. The van der Waals surface area contributed by atoms with Gasteiger partial charge in [-0.2, -0.15) is 0 Å². The standard InChI is InChI=1S/C23H30N2O2/c1-15(2)20-12-8-9-16(3)22(20)24-21(27)13-14-25(19(6)26)23-17(4)10-7-11-18(23)5/h7-12,15H,13-14H2,1-6H3,(H,24,27). The van der Waals surface area contributed by atoms with E-state index in [9.17, 15) is 9.59 Å². The van der Waals surface area contributed by atoms with Gasteiger partial charge >= 0.3 is 0 Å². The van der Waals surface area contributed by atoms with Crippen molar-refractivity contribution in [2.75, 3.05) is 16.8 Å². The van der Waals surface area contributed by atoms with E-state index in [1.54, 1.807) is 11.8 Å². The summed E-state index contributed by atoms with van der Waals surface area (Å²) in [5.74, 6) is 0.186. The fourth-order valence-electron chi connectivity index (χ4n) is 3.42. The third-order valence-electron chi connectivity index (χ3n) is 4.84. The van der Waals surface area contributed by atoms with Crippen LogP contribution >= 0.6 is 0 Å². The molecule has 4 heteroatoms. The highest BCUT2D eigenvalue weighted by atomic mass is 16.2. The van der Waals surface area contributed by atoms with Crippen molar-refractivity contribution < 1.29 is 9.59 Å². The van der Waals surface area contributed by atoms with Gasteiger partial charge in [0.05, 0.1) is 0 Å². The van der Waals surface area contributed by atoms with Crippen LogP contribution in [0.1, 0.15) is 55.4 Å². The first-order valence-corrected chi connectivity index (χ1v) is 9.46. The van der Waals surface area contributed by atoms with E-state index >= 15 is 0 Å². The lowest BCUT2D eigenvalue weighted by Crippen LogP contribution is -2.33. The summed E-state index contributed by atoms with van der Waals surface area (Å²) in [5, 5.41) is 3.06. The lowest BCUT2D eigenvalue weighted by molar-refractivity contribution is -0.117. The topological polar surface area (TPSA) is 49.4 Å². The second-order valence-corrected chi connectivity index (χ2v) is 7.40. The molecular formula is C23H30N2O2. The van der Waals surface area contributed by atoms with Crippen LogP contribution in [0, 0.1) is 20.8 Å². The summed E-state index contributed by atoms with van der Waals surface area (Å²) in [5.41, 5.74) is 6.03. The normalized spacial score (nSPS) is 10.8. The van der Waals surface area contributed by atoms with Crippen molar-refractivity contribution in [3.63, 3.8) is 0 Å². The van der Waals surface area contributed by atoms with E-state index in [2.05, 4.69) is 19.2 Å². The largest absolute Gasteiger partial charge is 0.326 e. The molecule has 0 radical (unpaired) electrons. The van der Waals surface area contributed by atoms with Crippen molar-refractivity contribution in [3.05, 3.63) is 58.7 Å². The number of nitrogens with zero attached hydrogens (tertiary/aromatic N) is 1. The van der Waals surface area contributed by atoms with Gasteiger partial charge in [-0.3, -0.25) is 9.59 Å². The van der Waals surface area contributed by atoms with Gasteiger partial charge in [0.2, 0.25) is 11.8 Å². The molecule has 0 fully saturated rings. The average molecular weight is 367 g/mol. The summed E-state index contributed by atoms with van der Waals surface area (Å²) in [4.78, 5) is 26.5. The SMILES string of the molecule is CC(=O)N(CCC(=O)Nc1c(C)cccc1C(C)C)c1c(C)cccc1C. The minimum Gasteiger partial charge on any atom is -0.326 e. The Morgan fingerprint density at radius 1 is 0.963 bits per heavy atom. The Morgan fingerprint density at radius 2 is 1.52 bits per heavy atom. The van der Waals surface area contributed by atoms with Gasteiger partial charge in [0.1, 0.15) is 0 Å². The highest BCUT2D eigenvalue weighted by molar-refractivity contribution is 5.96. The fraction of sp³-hybridized carbons (Fsp3) is 0.391. The van der Waals surface area contributed by atoms with Crippen molar-refractivity contribution in [3.8, 4) is 0 Å². The number of hydrogen-bond acceptors (Lipinski definition) is 2. The molecule has 2 amide bonds. The Kier molecular flexibility index (Phi) is 6.78. The van der Waals surface area contributed by atoms with Gasteiger partial charge in [-0.05, 0) is 48.9 Å². The van der Waals surface area contributed by atoms with E-state index in [1.165, 1.54) is 0 Å². The maximum absolute atomic E-state index is 12.6. The molecule has 0 aliphatic heterocycles. The third kappa shape index (κ3) is 4.97. The Labute approximate surface area is 162 Å². The molecule has 27 heavy (non-hydrogen) atoms. The average Bonchev–Trinajstić information content (AvgIpc) is 2.58. The monoisotopic (exact) mass is 366 g/mol. The molecule has 0 aliphatic carbocycles. The summed E-state index contributed by atoms with van der Waals surface area (Å²) < 4.78 is 0. The number of benzene rings is 2. The van der Waals surface area contributed by atoms with Crippen LogP contribution in [0.25, 0.3) is 0 Å². The van der Waals surface area contributed by atoms with E-state index in [-0.39, 0.29) is 18.2 Å². The molecule has 2 aromatic rings. The van der Waals surface area contributed by atoms with Gasteiger partial charge in [-0.1, -0.05) is 50.2 Å². The predicted octanol–water partition coefficient (Wildman–Crippen LogP) is 5.12. The fourth-order valence-corrected chi connectivity index (χ4v) is 3.42. The van der Waals surface area contributed by atoms with Crippen LogP contribution in [0.3, 0.4) is 0 Å². The van der Waals surface area contributed by atoms with Crippen molar-refractivity contribution in [2.45, 2.75) is 53.9 Å². The number of hydrogen-bond donors (Lipinski definition) is 1. The maximum Gasteiger partial charge on any atom is 0.226 e. The Balaban J connectivity index is 2.16. The van der Waals surface area contributed by atoms with E-state index in [0.717, 1.165) is 33.6 Å². The first kappa shape index (κ1) is 20.7. The van der Waals surface area contributed by atoms with Gasteiger partial charge in [0.15, 0.2) is 0 Å². The molecule has 2 rings (SSSR count). The minimum absolute atomic E-state index is 0.0565. The van der Waals surface area contributed by atoms with E-state index in [0.29, 0.717) is 12.5 Å². The summed E-state index contributed by atoms with van der Waals surface area (Å²) >= 11 is 0. The molecule has 4 nitrogen and oxygen atoms in total. The van der Waals surface area contributed by atoms with Crippen molar-refractivity contribution >= 4 is 23.2 Å². The molecule has 0 spiro atoms. The number of aryl methyl sites for hydroxylation is 3. The van der Waals surface area contributed by atoms with Crippen molar-refractivity contribution in [1.29, 1.82) is 0 Å². The van der Waals surface area contributed by atoms with Crippen molar-refractivity contribution in [1.82, 2.24) is 0 Å². The van der Waals surface area contributed by atoms with Crippen LogP contribution in [0.15, 0.2) is 36.4 Å². The second-order valence-electron chi connectivity index (χ2n) is 7.40. The van der Waals surface area contributed by atoms with Crippen LogP contribution in [0.2, 0.25) is 0 Å². The molecule has 0 bridgehead atoms. The molecule has 0 aliphatic rings. The Hall–Kier alpha value is -2.62. The van der Waals surface area contributed by atoms with E-state index in [1.807, 2.05) is 57.2 Å². The molecule has 1 N–H and O–H groups in total. The summed E-state index contributed by atoms with van der Waals surface area (Å²) in [6, 6.07) is 12.0. The maximum atomic E-state index is 12.6. The van der Waals surface area contributed by atoms with Crippen LogP contribution in [-0.4, -0.2) is 18.4 Å². The van der Waals surface area contributed by atoms with Gasteiger partial charge < -0.3 is 10.2 Å². The van der Waals surface area contributed by atoms with Crippen LogP contribution in [-0.2, 0) is 9.59 Å². The number of carbonyl (C=O) groups excluding carboxylic acids is 2. The van der Waals surface area contributed by atoms with Crippen LogP contribution in [0.5, 0.6) is 0 Å². The number of para-hydroxylation sites is 2. The van der Waals surface area contributed by atoms with E-state index in [4.69, 9.17) is 0 Å². The van der Waals surface area contributed by atoms with Crippen LogP contribution < -0.4 is 10.2 Å². The van der Waals surface area contributed by atoms with E-state index < -0.39 is 0 Å². The number of carbonyl (C=O) groups is 2. The van der Waals surface area contributed by atoms with Gasteiger partial charge in [0, 0.05) is 31.3 Å². The molecule has 0 heterocycles. The molecule has 0 saturated carbocycles. The van der Waals surface area contributed by atoms with Gasteiger partial charge in [-0.15, -0.1) is 0 Å². The smallest absolute Gasteiger partial charge is 0.226 e. The molecule has 144 valence electrons. The Bertz CT molecular complexity index is 820. The van der Waals surface area contributed by atoms with Crippen LogP contribution in [0.4, 0.5) is 11.4 Å². The molecule has 2 aromatic carbocycles. The third-order valence-corrected chi connectivity index (χ3v) is 4.84. The number of rotatable bonds is 6. The number of amides is 2. The lowest BCUT2D eigenvalue weighted by atomic mass is 9.98. The summed E-state index contributed by atoms with van der Waals surface area (Å²) in [7, 11) is 0. The molecule has 0 atom stereocenters. The Morgan fingerprint density at radius 3 is 2.07 bits per heavy atom. The molecule has 0 saturated heterocycles. The van der Waals surface area contributed by atoms with Gasteiger partial charge in [-0.25, -0.2) is 0 Å². The second kappa shape index (κ2) is 8.85. The highest BCUT2D eigenvalue weighted by Gasteiger charge is 2.18. The van der Waals surface area contributed by atoms with Crippen molar-refractivity contribution in [2.24, 2.45) is 0 Å². The van der Waals surface area contributed by atoms with Gasteiger partial charge in [0.25, 0.3) is 0 Å². The minimum atomic E-state index is -0.0799. The highest BCUT2D eigenvalue weighted by Crippen LogP contribution is 2.28. The quantitative estimate of drug-likeness (QED) is 0.771. The molecule has 0 unspecified atom stereocenters. The zero-order chi connectivity index (χ0) is 20.1. The molecular weight excluding hydrogens is 336 g/mol. The zero-order valence-corrected chi connectivity index (χ0v) is 17.2. The lowest BCUT2D eigenvalue weighted by Gasteiger charge is -2.25. The summed E-state index contributed by atoms with van der Waals surface area (Å²) in [6.45, 7) is 12.1. The molecule has 0 aromatic heterocycles. The number of nitrogens with one attached hydrogen (secondary N) is 1. The zero-order valence-electron chi connectivity index (χ0n) is 17.2. The first-order chi connectivity index (χ1) is 12.7.